The van der Waals surface area contributed by atoms with E-state index in [2.05, 4.69) is 41.9 Å². The molecule has 232 valence electrons. The molecule has 44 heavy (non-hydrogen) atoms. The van der Waals surface area contributed by atoms with Crippen LogP contribution in [0.3, 0.4) is 0 Å². The molecule has 0 spiro atoms. The molecule has 3 heterocycles. The van der Waals surface area contributed by atoms with Crippen LogP contribution in [0.15, 0.2) is 65.6 Å². The van der Waals surface area contributed by atoms with Crippen molar-refractivity contribution in [3.63, 3.8) is 0 Å². The average Bonchev–Trinajstić information content (AvgIpc) is 3.68. The van der Waals surface area contributed by atoms with Crippen LogP contribution in [0.4, 0.5) is 5.69 Å². The molecule has 1 saturated heterocycles. The van der Waals surface area contributed by atoms with E-state index < -0.39 is 5.60 Å². The Balaban J connectivity index is 1.28. The number of nitrogens with zero attached hydrogens (tertiary/aromatic N) is 4. The van der Waals surface area contributed by atoms with E-state index >= 15 is 0 Å². The summed E-state index contributed by atoms with van der Waals surface area (Å²) >= 11 is 0. The number of anilines is 1. The van der Waals surface area contributed by atoms with Gasteiger partial charge >= 0.3 is 5.97 Å². The van der Waals surface area contributed by atoms with Gasteiger partial charge < -0.3 is 14.7 Å². The number of hydrogen-bond acceptors (Lipinski definition) is 8. The first-order chi connectivity index (χ1) is 21.2. The molecular formula is C34H41N5O5. The summed E-state index contributed by atoms with van der Waals surface area (Å²) in [5.74, 6) is -0.329. The Kier molecular flexibility index (Phi) is 8.57. The van der Waals surface area contributed by atoms with Crippen molar-refractivity contribution in [2.24, 2.45) is 0 Å². The number of fused-ring (bicyclic) bond motifs is 1. The Bertz CT molecular complexity index is 1680. The molecule has 10 nitrogen and oxygen atoms in total. The monoisotopic (exact) mass is 599 g/mol. The van der Waals surface area contributed by atoms with Gasteiger partial charge in [0.15, 0.2) is 0 Å². The van der Waals surface area contributed by atoms with Gasteiger partial charge in [-0.3, -0.25) is 14.4 Å². The number of benzene rings is 2. The van der Waals surface area contributed by atoms with Crippen molar-refractivity contribution in [3.8, 4) is 11.1 Å². The van der Waals surface area contributed by atoms with Gasteiger partial charge in [0.1, 0.15) is 12.2 Å². The first kappa shape index (κ1) is 30.1. The molecule has 0 unspecified atom stereocenters. The van der Waals surface area contributed by atoms with E-state index in [1.165, 1.54) is 0 Å². The second-order valence-electron chi connectivity index (χ2n) is 12.5. The maximum atomic E-state index is 14.3. The number of aromatic nitrogens is 3. The molecule has 2 N–H and O–H groups in total. The standard InChI is InChI=1S/C34H41N5O5/c1-4-7-30-28(20-23-10-12-24(13-11-23)27-8-5-6-9-29(27)37-21-32(40)44-36-37)33(41)38(31-18-19-35-39(30)31)25-14-16-26(17-15-25)43-22-34(2,3)42/h5-6,8-13,18-19,25-26,36,42H,4,7,14-17,20-22H2,1-3H3. The fourth-order valence-electron chi connectivity index (χ4n) is 6.40. The van der Waals surface area contributed by atoms with Crippen LogP contribution in [0.25, 0.3) is 16.8 Å². The van der Waals surface area contributed by atoms with Gasteiger partial charge in [0.05, 0.1) is 35.9 Å². The fraction of sp³-hybridized carbons (Fsp3) is 0.441. The number of carbonyl (C=O) groups excluding carboxylic acids is 1. The number of ether oxygens (including phenoxy) is 1. The highest BCUT2D eigenvalue weighted by molar-refractivity contribution is 5.84. The minimum Gasteiger partial charge on any atom is -0.388 e. The number of carbonyl (C=O) groups is 1. The van der Waals surface area contributed by atoms with Crippen LogP contribution in [0.1, 0.15) is 75.7 Å². The van der Waals surface area contributed by atoms with Gasteiger partial charge in [0, 0.05) is 29.7 Å². The molecule has 1 saturated carbocycles. The highest BCUT2D eigenvalue weighted by Gasteiger charge is 2.29. The zero-order chi connectivity index (χ0) is 30.8. The lowest BCUT2D eigenvalue weighted by molar-refractivity contribution is -0.142. The maximum absolute atomic E-state index is 14.3. The first-order valence-electron chi connectivity index (χ1n) is 15.6. The number of rotatable bonds is 10. The smallest absolute Gasteiger partial charge is 0.347 e. The van der Waals surface area contributed by atoms with Crippen molar-refractivity contribution in [3.05, 3.63) is 88.0 Å². The van der Waals surface area contributed by atoms with Crippen LogP contribution in [0, 0.1) is 0 Å². The van der Waals surface area contributed by atoms with E-state index in [0.29, 0.717) is 13.0 Å². The van der Waals surface area contributed by atoms with Crippen molar-refractivity contribution < 1.29 is 19.5 Å². The topological polar surface area (TPSA) is 110 Å². The molecule has 1 aliphatic carbocycles. The van der Waals surface area contributed by atoms with Crippen LogP contribution < -0.4 is 16.2 Å². The Labute approximate surface area is 257 Å². The number of hydrogen-bond donors (Lipinski definition) is 2. The van der Waals surface area contributed by atoms with Crippen molar-refractivity contribution in [1.82, 2.24) is 19.8 Å². The number of nitrogens with one attached hydrogen (secondary N) is 1. The average molecular weight is 600 g/mol. The fourth-order valence-corrected chi connectivity index (χ4v) is 6.40. The summed E-state index contributed by atoms with van der Waals surface area (Å²) in [5.41, 5.74) is 8.34. The van der Waals surface area contributed by atoms with Gasteiger partial charge in [-0.15, -0.1) is 0 Å². The van der Waals surface area contributed by atoms with E-state index in [1.807, 2.05) is 39.4 Å². The van der Waals surface area contributed by atoms with Crippen molar-refractivity contribution in [2.75, 3.05) is 18.2 Å². The van der Waals surface area contributed by atoms with E-state index in [1.54, 1.807) is 25.1 Å². The van der Waals surface area contributed by atoms with Crippen molar-refractivity contribution in [2.45, 2.75) is 83.5 Å². The summed E-state index contributed by atoms with van der Waals surface area (Å²) in [5, 5.41) is 16.4. The molecule has 2 fully saturated rings. The third kappa shape index (κ3) is 6.29. The minimum atomic E-state index is -0.858. The van der Waals surface area contributed by atoms with Crippen LogP contribution in [0.5, 0.6) is 0 Å². The zero-order valence-corrected chi connectivity index (χ0v) is 25.7. The highest BCUT2D eigenvalue weighted by Crippen LogP contribution is 2.33. The van der Waals surface area contributed by atoms with E-state index in [4.69, 9.17) is 9.57 Å². The minimum absolute atomic E-state index is 0.0570. The van der Waals surface area contributed by atoms with Gasteiger partial charge in [-0.2, -0.15) is 5.10 Å². The predicted octanol–water partition coefficient (Wildman–Crippen LogP) is 4.76. The van der Waals surface area contributed by atoms with E-state index in [-0.39, 0.29) is 30.2 Å². The predicted molar refractivity (Wildman–Crippen MR) is 168 cm³/mol. The van der Waals surface area contributed by atoms with Gasteiger partial charge in [-0.1, -0.05) is 61.4 Å². The normalized spacial score (nSPS) is 19.1. The van der Waals surface area contributed by atoms with Gasteiger partial charge in [0.2, 0.25) is 0 Å². The zero-order valence-electron chi connectivity index (χ0n) is 25.7. The maximum Gasteiger partial charge on any atom is 0.347 e. The Morgan fingerprint density at radius 3 is 2.48 bits per heavy atom. The molecule has 0 bridgehead atoms. The second-order valence-corrected chi connectivity index (χ2v) is 12.5. The number of aryl methyl sites for hydroxylation is 1. The third-order valence-corrected chi connectivity index (χ3v) is 8.52. The SMILES string of the molecule is CCCc1c(Cc2ccc(-c3ccccc3N3CC(=O)ON3)cc2)c(=O)n(C2CCC(OCC(C)(C)O)CC2)c2ccnn12. The van der Waals surface area contributed by atoms with Crippen LogP contribution in [0.2, 0.25) is 0 Å². The highest BCUT2D eigenvalue weighted by atomic mass is 16.7. The molecule has 2 aromatic heterocycles. The molecular weight excluding hydrogens is 558 g/mol. The van der Waals surface area contributed by atoms with E-state index in [9.17, 15) is 14.7 Å². The van der Waals surface area contributed by atoms with Gasteiger partial charge in [0.25, 0.3) is 5.56 Å². The lowest BCUT2D eigenvalue weighted by atomic mass is 9.92. The van der Waals surface area contributed by atoms with Crippen molar-refractivity contribution in [1.29, 1.82) is 0 Å². The second kappa shape index (κ2) is 12.6. The van der Waals surface area contributed by atoms with Crippen LogP contribution in [-0.4, -0.2) is 50.1 Å². The number of hydrazine groups is 1. The van der Waals surface area contributed by atoms with Crippen molar-refractivity contribution >= 4 is 17.3 Å². The molecule has 6 rings (SSSR count). The van der Waals surface area contributed by atoms with Crippen LogP contribution in [-0.2, 0) is 27.2 Å². The molecule has 10 heteroatoms. The summed E-state index contributed by atoms with van der Waals surface area (Å²) in [4.78, 5) is 30.9. The third-order valence-electron chi connectivity index (χ3n) is 8.52. The summed E-state index contributed by atoms with van der Waals surface area (Å²) in [6.07, 6.45) is 7.40. The van der Waals surface area contributed by atoms with E-state index in [0.717, 1.165) is 77.8 Å². The quantitative estimate of drug-likeness (QED) is 0.269. The molecule has 0 radical (unpaired) electrons. The molecule has 4 aromatic rings. The largest absolute Gasteiger partial charge is 0.388 e. The Hall–Kier alpha value is -3.99. The summed E-state index contributed by atoms with van der Waals surface area (Å²) < 4.78 is 9.92. The Morgan fingerprint density at radius 1 is 1.05 bits per heavy atom. The molecule has 1 aliphatic heterocycles. The van der Waals surface area contributed by atoms with Gasteiger partial charge in [-0.05, 0) is 63.1 Å². The molecule has 2 aromatic carbocycles. The van der Waals surface area contributed by atoms with Crippen LogP contribution >= 0.6 is 0 Å². The molecule has 0 amide bonds. The molecule has 0 atom stereocenters. The number of aliphatic hydroxyl groups is 1. The summed E-state index contributed by atoms with van der Waals surface area (Å²) in [6.45, 7) is 6.07. The molecule has 2 aliphatic rings. The number of para-hydroxylation sites is 1. The lowest BCUT2D eigenvalue weighted by Crippen LogP contribution is -2.36. The lowest BCUT2D eigenvalue weighted by Gasteiger charge is -2.32. The summed E-state index contributed by atoms with van der Waals surface area (Å²) in [6, 6.07) is 18.1. The van der Waals surface area contributed by atoms with Gasteiger partial charge in [-0.25, -0.2) is 9.31 Å². The summed E-state index contributed by atoms with van der Waals surface area (Å²) in [7, 11) is 0. The first-order valence-corrected chi connectivity index (χ1v) is 15.6. The Morgan fingerprint density at radius 2 is 1.80 bits per heavy atom.